The standard InChI is InChI=1S/C7H3F13O4/c8-2(9,1-21)22-5(16,3(10,11)12)23-6(17,4(13,14)15)24-7(18,19)20/h21H,1H2. The smallest absolute Gasteiger partial charge is 0.387 e. The third-order valence-corrected chi connectivity index (χ3v) is 1.65. The van der Waals surface area contributed by atoms with Gasteiger partial charge in [-0.25, -0.2) is 14.2 Å². The van der Waals surface area contributed by atoms with Gasteiger partial charge in [-0.2, -0.15) is 43.9 Å². The van der Waals surface area contributed by atoms with Crippen LogP contribution in [-0.2, 0) is 14.2 Å². The predicted molar refractivity (Wildman–Crippen MR) is 41.1 cm³/mol. The van der Waals surface area contributed by atoms with E-state index in [0.29, 0.717) is 0 Å². The third kappa shape index (κ3) is 5.78. The summed E-state index contributed by atoms with van der Waals surface area (Å²) in [6, 6.07) is -13.7. The molecule has 17 heteroatoms. The van der Waals surface area contributed by atoms with Crippen molar-refractivity contribution in [3.8, 4) is 0 Å². The number of rotatable bonds is 6. The van der Waals surface area contributed by atoms with Crippen molar-refractivity contribution in [3.05, 3.63) is 0 Å². The van der Waals surface area contributed by atoms with E-state index in [-0.39, 0.29) is 0 Å². The molecule has 0 amide bonds. The number of hydrogen-bond acceptors (Lipinski definition) is 4. The van der Waals surface area contributed by atoms with Crippen molar-refractivity contribution in [3.63, 3.8) is 0 Å². The summed E-state index contributed by atoms with van der Waals surface area (Å²) >= 11 is 0. The predicted octanol–water partition coefficient (Wildman–Crippen LogP) is 3.51. The van der Waals surface area contributed by atoms with Crippen LogP contribution >= 0.6 is 0 Å². The SMILES string of the molecule is OCC(F)(F)OC(F)(OC(F)(OC(F)(F)F)C(F)(F)F)C(F)(F)F. The number of alkyl halides is 13. The van der Waals surface area contributed by atoms with Crippen LogP contribution in [0, 0.1) is 0 Å². The maximum absolute atomic E-state index is 13.2. The van der Waals surface area contributed by atoms with Gasteiger partial charge >= 0.3 is 36.9 Å². The molecule has 0 saturated heterocycles. The van der Waals surface area contributed by atoms with E-state index in [9.17, 15) is 57.1 Å². The Labute approximate surface area is 121 Å². The molecule has 0 fully saturated rings. The Morgan fingerprint density at radius 2 is 0.875 bits per heavy atom. The summed E-state index contributed by atoms with van der Waals surface area (Å²) in [4.78, 5) is 0. The normalized spacial score (nSPS) is 19.8. The first-order valence-corrected chi connectivity index (χ1v) is 4.85. The average molecular weight is 398 g/mol. The molecule has 24 heavy (non-hydrogen) atoms. The van der Waals surface area contributed by atoms with E-state index in [1.165, 1.54) is 0 Å². The summed E-state index contributed by atoms with van der Waals surface area (Å²) in [6.07, 6.45) is -26.5. The molecule has 0 aromatic rings. The van der Waals surface area contributed by atoms with Gasteiger partial charge in [0.1, 0.15) is 6.61 Å². The number of aliphatic hydroxyl groups is 1. The Balaban J connectivity index is 5.97. The molecule has 0 rings (SSSR count). The van der Waals surface area contributed by atoms with Crippen LogP contribution in [0.3, 0.4) is 0 Å². The summed E-state index contributed by atoms with van der Waals surface area (Å²) in [6.45, 7) is -2.79. The second-order valence-corrected chi connectivity index (χ2v) is 3.62. The highest BCUT2D eigenvalue weighted by atomic mass is 19.4. The number of aliphatic hydroxyl groups excluding tert-OH is 1. The summed E-state index contributed by atoms with van der Waals surface area (Å²) in [7, 11) is 0. The van der Waals surface area contributed by atoms with Gasteiger partial charge in [0.05, 0.1) is 0 Å². The maximum Gasteiger partial charge on any atom is 0.527 e. The second kappa shape index (κ2) is 6.34. The summed E-state index contributed by atoms with van der Waals surface area (Å²) < 4.78 is 165. The molecule has 0 radical (unpaired) electrons. The zero-order chi connectivity index (χ0) is 19.8. The lowest BCUT2D eigenvalue weighted by Crippen LogP contribution is -2.60. The summed E-state index contributed by atoms with van der Waals surface area (Å²) in [5.74, 6) is 0. The quantitative estimate of drug-likeness (QED) is 0.550. The van der Waals surface area contributed by atoms with Crippen molar-refractivity contribution in [2.45, 2.75) is 36.9 Å². The fourth-order valence-electron chi connectivity index (χ4n) is 0.815. The molecule has 0 spiro atoms. The Hall–Kier alpha value is -1.07. The number of ether oxygens (including phenoxy) is 3. The van der Waals surface area contributed by atoms with E-state index in [2.05, 4.69) is 4.74 Å². The van der Waals surface area contributed by atoms with Gasteiger partial charge in [0.25, 0.3) is 0 Å². The largest absolute Gasteiger partial charge is 0.527 e. The van der Waals surface area contributed by atoms with Gasteiger partial charge in [-0.05, 0) is 0 Å². The molecule has 2 atom stereocenters. The first-order valence-electron chi connectivity index (χ1n) is 4.85. The molecular weight excluding hydrogens is 395 g/mol. The van der Waals surface area contributed by atoms with Crippen molar-refractivity contribution in [1.29, 1.82) is 0 Å². The molecular formula is C7H3F13O4. The lowest BCUT2D eigenvalue weighted by atomic mass is 10.5. The zero-order valence-electron chi connectivity index (χ0n) is 10.3. The van der Waals surface area contributed by atoms with Crippen molar-refractivity contribution in [2.75, 3.05) is 6.61 Å². The fourth-order valence-corrected chi connectivity index (χ4v) is 0.815. The molecule has 2 unspecified atom stereocenters. The van der Waals surface area contributed by atoms with Crippen LogP contribution in [0.25, 0.3) is 0 Å². The molecule has 0 aromatic carbocycles. The van der Waals surface area contributed by atoms with E-state index in [4.69, 9.17) is 5.11 Å². The minimum Gasteiger partial charge on any atom is -0.387 e. The molecule has 0 saturated carbocycles. The summed E-state index contributed by atoms with van der Waals surface area (Å²) in [5.41, 5.74) is 0. The Morgan fingerprint density at radius 1 is 0.542 bits per heavy atom. The Morgan fingerprint density at radius 3 is 1.12 bits per heavy atom. The zero-order valence-corrected chi connectivity index (χ0v) is 10.3. The Bertz CT molecular complexity index is 428. The monoisotopic (exact) mass is 398 g/mol. The van der Waals surface area contributed by atoms with Crippen molar-refractivity contribution in [1.82, 2.24) is 0 Å². The van der Waals surface area contributed by atoms with Crippen LogP contribution < -0.4 is 0 Å². The van der Waals surface area contributed by atoms with Crippen LogP contribution in [0.2, 0.25) is 0 Å². The van der Waals surface area contributed by atoms with Gasteiger partial charge in [-0.3, -0.25) is 0 Å². The molecule has 0 aliphatic rings. The second-order valence-electron chi connectivity index (χ2n) is 3.62. The van der Waals surface area contributed by atoms with E-state index in [0.717, 1.165) is 0 Å². The van der Waals surface area contributed by atoms with Crippen molar-refractivity contribution < 1.29 is 76.4 Å². The van der Waals surface area contributed by atoms with Gasteiger partial charge in [0.15, 0.2) is 0 Å². The van der Waals surface area contributed by atoms with Crippen LogP contribution in [0.1, 0.15) is 0 Å². The van der Waals surface area contributed by atoms with E-state index >= 15 is 0 Å². The Kier molecular flexibility index (Phi) is 6.06. The minimum atomic E-state index is -7.15. The van der Waals surface area contributed by atoms with Crippen LogP contribution in [0.4, 0.5) is 57.1 Å². The highest BCUT2D eigenvalue weighted by Crippen LogP contribution is 2.49. The van der Waals surface area contributed by atoms with Gasteiger partial charge in [-0.15, -0.1) is 13.2 Å². The average Bonchev–Trinajstić information content (AvgIpc) is 2.21. The van der Waals surface area contributed by atoms with Gasteiger partial charge in [0, 0.05) is 0 Å². The van der Waals surface area contributed by atoms with Gasteiger partial charge < -0.3 is 5.11 Å². The van der Waals surface area contributed by atoms with Gasteiger partial charge in [0.2, 0.25) is 0 Å². The van der Waals surface area contributed by atoms with Crippen molar-refractivity contribution >= 4 is 0 Å². The van der Waals surface area contributed by atoms with Crippen molar-refractivity contribution in [2.24, 2.45) is 0 Å². The highest BCUT2D eigenvalue weighted by Gasteiger charge is 2.75. The fraction of sp³-hybridized carbons (Fsp3) is 1.00. The van der Waals surface area contributed by atoms with Crippen LogP contribution in [-0.4, -0.2) is 48.6 Å². The van der Waals surface area contributed by atoms with Crippen LogP contribution in [0.15, 0.2) is 0 Å². The molecule has 0 heterocycles. The third-order valence-electron chi connectivity index (χ3n) is 1.65. The lowest BCUT2D eigenvalue weighted by molar-refractivity contribution is -0.598. The topological polar surface area (TPSA) is 47.9 Å². The molecule has 0 bridgehead atoms. The molecule has 1 N–H and O–H groups in total. The minimum absolute atomic E-state index is 1.59. The maximum atomic E-state index is 13.2. The number of halogens is 13. The van der Waals surface area contributed by atoms with Crippen LogP contribution in [0.5, 0.6) is 0 Å². The molecule has 4 nitrogen and oxygen atoms in total. The van der Waals surface area contributed by atoms with E-state index in [1.54, 1.807) is 4.74 Å². The number of hydrogen-bond donors (Lipinski definition) is 1. The highest BCUT2D eigenvalue weighted by molar-refractivity contribution is 4.77. The molecule has 0 aliphatic heterocycles. The van der Waals surface area contributed by atoms with E-state index < -0.39 is 43.5 Å². The van der Waals surface area contributed by atoms with Gasteiger partial charge in [-0.1, -0.05) is 0 Å². The molecule has 146 valence electrons. The molecule has 0 aromatic heterocycles. The molecule has 0 aliphatic carbocycles. The van der Waals surface area contributed by atoms with E-state index in [1.807, 2.05) is 4.74 Å². The summed E-state index contributed by atoms with van der Waals surface area (Å²) in [5, 5.41) is 7.88. The first-order chi connectivity index (χ1) is 10.2. The lowest BCUT2D eigenvalue weighted by Gasteiger charge is -2.36. The first kappa shape index (κ1) is 22.9.